The first-order chi connectivity index (χ1) is 26.6. The summed E-state index contributed by atoms with van der Waals surface area (Å²) in [5.41, 5.74) is 6.70. The number of H-pyrrole nitrogens is 1. The van der Waals surface area contributed by atoms with E-state index >= 15 is 0 Å². The van der Waals surface area contributed by atoms with E-state index in [-0.39, 0.29) is 19.3 Å². The molecule has 1 heterocycles. The first-order valence-corrected chi connectivity index (χ1v) is 18.8. The number of aromatic nitrogens is 1. The van der Waals surface area contributed by atoms with E-state index in [0.717, 1.165) is 22.7 Å². The number of para-hydroxylation sites is 1. The fourth-order valence-electron chi connectivity index (χ4n) is 6.12. The predicted molar refractivity (Wildman–Crippen MR) is 208 cm³/mol. The quantitative estimate of drug-likeness (QED) is 0.0674. The Morgan fingerprint density at radius 1 is 0.772 bits per heavy atom. The number of rotatable bonds is 22. The van der Waals surface area contributed by atoms with Gasteiger partial charge < -0.3 is 57.5 Å². The van der Waals surface area contributed by atoms with Gasteiger partial charge in [0.1, 0.15) is 36.3 Å². The van der Waals surface area contributed by atoms with E-state index in [1.807, 2.05) is 6.07 Å². The Morgan fingerprint density at radius 2 is 1.33 bits per heavy atom. The van der Waals surface area contributed by atoms with Gasteiger partial charge in [-0.05, 0) is 43.7 Å². The Hall–Kier alpha value is -5.56. The van der Waals surface area contributed by atoms with Gasteiger partial charge in [-0.1, -0.05) is 52.3 Å². The topological polar surface area (TPSA) is 302 Å². The predicted octanol–water partition coefficient (Wildman–Crippen LogP) is -1.20. The number of carbonyl (C=O) groups is 8. The van der Waals surface area contributed by atoms with Crippen LogP contribution in [-0.4, -0.2) is 128 Å². The standard InChI is InChI=1S/C38H58N8O11/c1-9-19(4)30(44-34(52)27(14-15-28(39)50)46(8)37(55)32(21(6)48)41-22(7)49)35(53)45-31(20(5)47)36(54)42-26(33(51)43-29(18(2)3)38(56)57)16-23-17-40-25-13-11-10-12-24(23)25/h10-13,17-21,26-27,29-32,40,47-48H,9,14-16H2,1-8H3,(H2,39,50)(H,41,49)(H,42,54)(H,43,51)(H,44,52)(H,45,53)(H,56,57)/t19-,20-,21-,26-,27-,29-,30-,31-,32-/m0/s1. The molecule has 0 aliphatic rings. The Kier molecular flexibility index (Phi) is 18.1. The van der Waals surface area contributed by atoms with Crippen LogP contribution in [0.25, 0.3) is 10.9 Å². The van der Waals surface area contributed by atoms with Crippen molar-refractivity contribution in [1.82, 2.24) is 36.5 Å². The van der Waals surface area contributed by atoms with Crippen LogP contribution in [0.15, 0.2) is 30.5 Å². The number of carboxylic acid groups (broad SMARTS) is 1. The molecule has 316 valence electrons. The van der Waals surface area contributed by atoms with Crippen LogP contribution in [0.4, 0.5) is 0 Å². The first-order valence-electron chi connectivity index (χ1n) is 18.8. The van der Waals surface area contributed by atoms with Crippen LogP contribution >= 0.6 is 0 Å². The molecule has 0 bridgehead atoms. The van der Waals surface area contributed by atoms with Crippen LogP contribution in [0.1, 0.15) is 73.3 Å². The highest BCUT2D eigenvalue weighted by Crippen LogP contribution is 2.20. The van der Waals surface area contributed by atoms with Crippen LogP contribution in [0.5, 0.6) is 0 Å². The van der Waals surface area contributed by atoms with Crippen LogP contribution in [0.2, 0.25) is 0 Å². The highest BCUT2D eigenvalue weighted by molar-refractivity contribution is 5.97. The van der Waals surface area contributed by atoms with E-state index < -0.39 is 108 Å². The number of hydrogen-bond acceptors (Lipinski definition) is 10. The fourth-order valence-corrected chi connectivity index (χ4v) is 6.12. The Balaban J connectivity index is 2.43. The second-order valence-corrected chi connectivity index (χ2v) is 14.7. The Bertz CT molecular complexity index is 1760. The molecule has 0 saturated heterocycles. The normalized spacial score (nSPS) is 16.1. The molecule has 0 radical (unpaired) electrons. The second kappa shape index (κ2) is 21.7. The maximum atomic E-state index is 13.9. The van der Waals surface area contributed by atoms with E-state index in [1.165, 1.54) is 20.9 Å². The van der Waals surface area contributed by atoms with Gasteiger partial charge in [-0.2, -0.15) is 0 Å². The monoisotopic (exact) mass is 802 g/mol. The highest BCUT2D eigenvalue weighted by Gasteiger charge is 2.38. The minimum atomic E-state index is -1.68. The minimum absolute atomic E-state index is 0.102. The molecule has 0 fully saturated rings. The van der Waals surface area contributed by atoms with Gasteiger partial charge in [0.2, 0.25) is 41.4 Å². The molecule has 2 aromatic rings. The van der Waals surface area contributed by atoms with E-state index in [1.54, 1.807) is 52.1 Å². The maximum Gasteiger partial charge on any atom is 0.326 e. The van der Waals surface area contributed by atoms with Gasteiger partial charge in [-0.15, -0.1) is 0 Å². The van der Waals surface area contributed by atoms with Gasteiger partial charge in [-0.3, -0.25) is 33.6 Å². The molecule has 0 spiro atoms. The molecule has 19 nitrogen and oxygen atoms in total. The zero-order chi connectivity index (χ0) is 43.3. The largest absolute Gasteiger partial charge is 0.480 e. The molecule has 0 unspecified atom stereocenters. The smallest absolute Gasteiger partial charge is 0.326 e. The summed E-state index contributed by atoms with van der Waals surface area (Å²) in [4.78, 5) is 108. The molecule has 7 amide bonds. The lowest BCUT2D eigenvalue weighted by Gasteiger charge is -2.34. The van der Waals surface area contributed by atoms with Crippen LogP contribution in [-0.2, 0) is 44.8 Å². The van der Waals surface area contributed by atoms with Crippen molar-refractivity contribution < 1.29 is 53.7 Å². The summed E-state index contributed by atoms with van der Waals surface area (Å²) in [6, 6.07) is -1.38. The molecule has 0 aliphatic carbocycles. The highest BCUT2D eigenvalue weighted by atomic mass is 16.4. The lowest BCUT2D eigenvalue weighted by atomic mass is 9.96. The third-order valence-electron chi connectivity index (χ3n) is 9.71. The van der Waals surface area contributed by atoms with Crippen molar-refractivity contribution in [3.8, 4) is 0 Å². The van der Waals surface area contributed by atoms with Gasteiger partial charge in [-0.25, -0.2) is 4.79 Å². The molecule has 19 heteroatoms. The number of benzene rings is 1. The van der Waals surface area contributed by atoms with Crippen molar-refractivity contribution in [3.05, 3.63) is 36.0 Å². The number of primary amides is 1. The number of aliphatic hydroxyl groups excluding tert-OH is 2. The minimum Gasteiger partial charge on any atom is -0.480 e. The number of fused-ring (bicyclic) bond motifs is 1. The van der Waals surface area contributed by atoms with Gasteiger partial charge in [0.05, 0.1) is 12.2 Å². The van der Waals surface area contributed by atoms with Crippen LogP contribution in [0.3, 0.4) is 0 Å². The summed E-state index contributed by atoms with van der Waals surface area (Å²) in [5, 5.41) is 43.8. The zero-order valence-electron chi connectivity index (χ0n) is 33.6. The van der Waals surface area contributed by atoms with E-state index in [2.05, 4.69) is 31.6 Å². The lowest BCUT2D eigenvalue weighted by Crippen LogP contribution is -2.63. The number of carbonyl (C=O) groups excluding carboxylic acids is 7. The molecule has 0 aliphatic heterocycles. The molecule has 0 saturated carbocycles. The number of likely N-dealkylation sites (N-methyl/N-ethyl adjacent to an activating group) is 1. The Labute approximate surface area is 331 Å². The molecule has 1 aromatic heterocycles. The lowest BCUT2D eigenvalue weighted by molar-refractivity contribution is -0.145. The van der Waals surface area contributed by atoms with Crippen molar-refractivity contribution >= 4 is 58.2 Å². The Morgan fingerprint density at radius 3 is 1.86 bits per heavy atom. The number of aliphatic hydroxyl groups is 2. The molecule has 57 heavy (non-hydrogen) atoms. The number of hydrogen-bond donors (Lipinski definition) is 10. The molecule has 9 atom stereocenters. The molecule has 11 N–H and O–H groups in total. The molecular weight excluding hydrogens is 744 g/mol. The SMILES string of the molecule is CC[C@H](C)[C@H](NC(=O)[C@H](CCC(N)=O)N(C)C(=O)[C@@H](NC(C)=O)[C@H](C)O)C(=O)N[C@H](C(=O)N[C@@H](Cc1c[nH]c2ccccc12)C(=O)N[C@H](C(=O)O)C(C)C)[C@H](C)O. The summed E-state index contributed by atoms with van der Waals surface area (Å²) < 4.78 is 0. The van der Waals surface area contributed by atoms with Crippen molar-refractivity contribution in [2.75, 3.05) is 7.05 Å². The average Bonchev–Trinajstić information content (AvgIpc) is 3.54. The van der Waals surface area contributed by atoms with Crippen LogP contribution in [0, 0.1) is 11.8 Å². The number of nitrogens with two attached hydrogens (primary N) is 1. The maximum absolute atomic E-state index is 13.9. The van der Waals surface area contributed by atoms with Crippen molar-refractivity contribution in [2.24, 2.45) is 17.6 Å². The third kappa shape index (κ3) is 13.6. The number of nitrogens with zero attached hydrogens (tertiary/aromatic N) is 1. The molecule has 2 rings (SSSR count). The summed E-state index contributed by atoms with van der Waals surface area (Å²) in [5.74, 6) is -8.31. The average molecular weight is 803 g/mol. The summed E-state index contributed by atoms with van der Waals surface area (Å²) in [7, 11) is 1.22. The van der Waals surface area contributed by atoms with Gasteiger partial charge >= 0.3 is 5.97 Å². The van der Waals surface area contributed by atoms with E-state index in [0.29, 0.717) is 12.0 Å². The van der Waals surface area contributed by atoms with Gasteiger partial charge in [0, 0.05) is 43.9 Å². The summed E-state index contributed by atoms with van der Waals surface area (Å²) in [6.45, 7) is 10.2. The molecular formula is C38H58N8O11. The summed E-state index contributed by atoms with van der Waals surface area (Å²) >= 11 is 0. The third-order valence-corrected chi connectivity index (χ3v) is 9.71. The first kappa shape index (κ1) is 47.6. The zero-order valence-corrected chi connectivity index (χ0v) is 33.6. The molecule has 1 aromatic carbocycles. The summed E-state index contributed by atoms with van der Waals surface area (Å²) in [6.07, 6.45) is -1.68. The van der Waals surface area contributed by atoms with Crippen LogP contribution < -0.4 is 32.3 Å². The van der Waals surface area contributed by atoms with Crippen molar-refractivity contribution in [1.29, 1.82) is 0 Å². The fraction of sp³-hybridized carbons (Fsp3) is 0.579. The van der Waals surface area contributed by atoms with Crippen molar-refractivity contribution in [2.45, 2.75) is 123 Å². The van der Waals surface area contributed by atoms with Gasteiger partial charge in [0.25, 0.3) is 0 Å². The number of carboxylic acids is 1. The second-order valence-electron chi connectivity index (χ2n) is 14.7. The number of amides is 7. The van der Waals surface area contributed by atoms with Crippen molar-refractivity contribution in [3.63, 3.8) is 0 Å². The number of nitrogens with one attached hydrogen (secondary N) is 6. The number of aromatic amines is 1. The van der Waals surface area contributed by atoms with E-state index in [9.17, 15) is 53.7 Å². The number of aliphatic carboxylic acids is 1. The van der Waals surface area contributed by atoms with E-state index in [4.69, 9.17) is 5.73 Å². The van der Waals surface area contributed by atoms with Gasteiger partial charge in [0.15, 0.2) is 0 Å².